The minimum absolute atomic E-state index is 0.0230. The van der Waals surface area contributed by atoms with Crippen LogP contribution in [0.2, 0.25) is 0 Å². The standard InChI is InChI=1S/C10H9F3N6/c1-5-3-6(2)19(17-5)7-4-18-8(10(11,12)13)15-16-9(18)14-7/h3-4H,1-2H3,(H,14,16). The van der Waals surface area contributed by atoms with Crippen LogP contribution in [0.4, 0.5) is 13.2 Å². The first kappa shape index (κ1) is 11.8. The van der Waals surface area contributed by atoms with Crippen LogP contribution >= 0.6 is 0 Å². The number of halogens is 3. The molecular weight excluding hydrogens is 261 g/mol. The Morgan fingerprint density at radius 2 is 2.00 bits per heavy atom. The van der Waals surface area contributed by atoms with E-state index in [0.29, 0.717) is 5.82 Å². The third-order valence-electron chi connectivity index (χ3n) is 2.66. The van der Waals surface area contributed by atoms with Crippen molar-refractivity contribution in [3.8, 4) is 5.82 Å². The minimum Gasteiger partial charge on any atom is -0.261 e. The summed E-state index contributed by atoms with van der Waals surface area (Å²) in [5.41, 5.74) is 1.56. The number of hydrogen-bond acceptors (Lipinski definition) is 3. The second-order valence-corrected chi connectivity index (χ2v) is 4.18. The van der Waals surface area contributed by atoms with Gasteiger partial charge in [0.05, 0.1) is 11.9 Å². The lowest BCUT2D eigenvalue weighted by molar-refractivity contribution is -0.145. The lowest BCUT2D eigenvalue weighted by Gasteiger charge is -2.01. The highest BCUT2D eigenvalue weighted by Crippen LogP contribution is 2.28. The Kier molecular flexibility index (Phi) is 2.22. The fourth-order valence-corrected chi connectivity index (χ4v) is 1.93. The topological polar surface area (TPSA) is 63.8 Å². The van der Waals surface area contributed by atoms with Gasteiger partial charge in [-0.05, 0) is 19.9 Å². The van der Waals surface area contributed by atoms with Crippen molar-refractivity contribution < 1.29 is 13.2 Å². The number of fused-ring (bicyclic) bond motifs is 1. The maximum Gasteiger partial charge on any atom is 0.452 e. The summed E-state index contributed by atoms with van der Waals surface area (Å²) in [5, 5.41) is 9.63. The molecule has 0 radical (unpaired) electrons. The van der Waals surface area contributed by atoms with Gasteiger partial charge < -0.3 is 0 Å². The number of imidazole rings is 1. The molecule has 3 aromatic heterocycles. The molecule has 0 atom stereocenters. The Balaban J connectivity index is 2.18. The van der Waals surface area contributed by atoms with E-state index in [1.54, 1.807) is 13.8 Å². The van der Waals surface area contributed by atoms with E-state index in [1.807, 2.05) is 6.07 Å². The second kappa shape index (κ2) is 3.59. The van der Waals surface area contributed by atoms with Crippen molar-refractivity contribution >= 4 is 5.78 Å². The summed E-state index contributed by atoms with van der Waals surface area (Å²) in [6.07, 6.45) is -3.29. The van der Waals surface area contributed by atoms with Crippen LogP contribution in [-0.4, -0.2) is 29.4 Å². The van der Waals surface area contributed by atoms with E-state index < -0.39 is 12.0 Å². The number of hydrogen-bond donors (Lipinski definition) is 1. The molecule has 0 aromatic carbocycles. The minimum atomic E-state index is -4.54. The highest BCUT2D eigenvalue weighted by Gasteiger charge is 2.37. The number of nitrogens with one attached hydrogen (secondary N) is 1. The zero-order valence-electron chi connectivity index (χ0n) is 10.0. The van der Waals surface area contributed by atoms with Crippen molar-refractivity contribution in [1.29, 1.82) is 0 Å². The Morgan fingerprint density at radius 3 is 2.58 bits per heavy atom. The molecule has 0 spiro atoms. The maximum atomic E-state index is 12.7. The van der Waals surface area contributed by atoms with E-state index in [4.69, 9.17) is 0 Å². The van der Waals surface area contributed by atoms with Crippen molar-refractivity contribution in [1.82, 2.24) is 29.4 Å². The largest absolute Gasteiger partial charge is 0.452 e. The molecule has 3 aromatic rings. The first-order valence-corrected chi connectivity index (χ1v) is 5.40. The van der Waals surface area contributed by atoms with Gasteiger partial charge >= 0.3 is 6.18 Å². The van der Waals surface area contributed by atoms with Crippen LogP contribution in [-0.2, 0) is 6.18 Å². The van der Waals surface area contributed by atoms with E-state index >= 15 is 0 Å². The Hall–Kier alpha value is -2.32. The van der Waals surface area contributed by atoms with Crippen LogP contribution in [0.3, 0.4) is 0 Å². The molecular formula is C10H9F3N6. The van der Waals surface area contributed by atoms with Gasteiger partial charge in [-0.1, -0.05) is 0 Å². The molecule has 0 amide bonds. The van der Waals surface area contributed by atoms with Crippen LogP contribution in [0.25, 0.3) is 11.6 Å². The number of nitrogens with zero attached hydrogens (tertiary/aromatic N) is 5. The number of rotatable bonds is 1. The molecule has 6 nitrogen and oxygen atoms in total. The summed E-state index contributed by atoms with van der Waals surface area (Å²) in [4.78, 5) is 4.04. The fourth-order valence-electron chi connectivity index (χ4n) is 1.93. The first-order chi connectivity index (χ1) is 8.86. The SMILES string of the molecule is Cc1cc(C)n(-c2cn3c(C(F)(F)F)n[nH]c3n2)n1. The zero-order chi connectivity index (χ0) is 13.8. The number of aromatic amines is 1. The van der Waals surface area contributed by atoms with Crippen LogP contribution in [0.1, 0.15) is 17.2 Å². The van der Waals surface area contributed by atoms with Gasteiger partial charge in [0.15, 0.2) is 5.82 Å². The molecule has 0 unspecified atom stereocenters. The van der Waals surface area contributed by atoms with Gasteiger partial charge in [0.1, 0.15) is 0 Å². The summed E-state index contributed by atoms with van der Waals surface area (Å²) in [6.45, 7) is 3.60. The molecule has 0 fully saturated rings. The molecule has 1 N–H and O–H groups in total. The molecule has 19 heavy (non-hydrogen) atoms. The molecule has 0 bridgehead atoms. The summed E-state index contributed by atoms with van der Waals surface area (Å²) in [5.74, 6) is -0.706. The third-order valence-corrected chi connectivity index (χ3v) is 2.66. The van der Waals surface area contributed by atoms with Gasteiger partial charge in [-0.15, -0.1) is 5.10 Å². The van der Waals surface area contributed by atoms with Crippen LogP contribution in [0, 0.1) is 13.8 Å². The van der Waals surface area contributed by atoms with Crippen molar-refractivity contribution in [2.24, 2.45) is 0 Å². The molecule has 100 valence electrons. The first-order valence-electron chi connectivity index (χ1n) is 5.40. The van der Waals surface area contributed by atoms with Crippen LogP contribution < -0.4 is 0 Å². The van der Waals surface area contributed by atoms with Crippen LogP contribution in [0.15, 0.2) is 12.3 Å². The van der Waals surface area contributed by atoms with E-state index in [2.05, 4.69) is 20.3 Å². The van der Waals surface area contributed by atoms with Gasteiger partial charge in [-0.3, -0.25) is 4.40 Å². The molecule has 0 aliphatic heterocycles. The van der Waals surface area contributed by atoms with Gasteiger partial charge in [-0.25, -0.2) is 9.78 Å². The lowest BCUT2D eigenvalue weighted by Crippen LogP contribution is -2.10. The van der Waals surface area contributed by atoms with Crippen LogP contribution in [0.5, 0.6) is 0 Å². The summed E-state index contributed by atoms with van der Waals surface area (Å²) in [6, 6.07) is 1.82. The Labute approximate surface area is 104 Å². The Bertz CT molecular complexity index is 747. The molecule has 9 heteroatoms. The zero-order valence-corrected chi connectivity index (χ0v) is 10.0. The van der Waals surface area contributed by atoms with E-state index in [1.165, 1.54) is 10.9 Å². The van der Waals surface area contributed by atoms with Gasteiger partial charge in [0.25, 0.3) is 0 Å². The second-order valence-electron chi connectivity index (χ2n) is 4.18. The van der Waals surface area contributed by atoms with E-state index in [-0.39, 0.29) is 5.78 Å². The van der Waals surface area contributed by atoms with Gasteiger partial charge in [0, 0.05) is 5.69 Å². The van der Waals surface area contributed by atoms with E-state index in [9.17, 15) is 13.2 Å². The summed E-state index contributed by atoms with van der Waals surface area (Å²) in [7, 11) is 0. The predicted molar refractivity (Wildman–Crippen MR) is 58.9 cm³/mol. The highest BCUT2D eigenvalue weighted by atomic mass is 19.4. The summed E-state index contributed by atoms with van der Waals surface area (Å²) < 4.78 is 40.4. The molecule has 0 aliphatic rings. The van der Waals surface area contributed by atoms with Crippen molar-refractivity contribution in [3.63, 3.8) is 0 Å². The number of H-pyrrole nitrogens is 1. The maximum absolute atomic E-state index is 12.7. The number of aromatic nitrogens is 6. The Morgan fingerprint density at radius 1 is 1.26 bits per heavy atom. The lowest BCUT2D eigenvalue weighted by atomic mass is 10.4. The fraction of sp³-hybridized carbons (Fsp3) is 0.300. The molecule has 0 aliphatic carbocycles. The highest BCUT2D eigenvalue weighted by molar-refractivity contribution is 5.38. The van der Waals surface area contributed by atoms with Gasteiger partial charge in [0.2, 0.25) is 11.6 Å². The monoisotopic (exact) mass is 270 g/mol. The summed E-state index contributed by atoms with van der Waals surface area (Å²) >= 11 is 0. The normalized spacial score (nSPS) is 12.5. The number of alkyl halides is 3. The molecule has 0 saturated carbocycles. The quantitative estimate of drug-likeness (QED) is 0.734. The third kappa shape index (κ3) is 1.77. The van der Waals surface area contributed by atoms with E-state index in [0.717, 1.165) is 15.8 Å². The van der Waals surface area contributed by atoms with Crippen molar-refractivity contribution in [2.75, 3.05) is 0 Å². The van der Waals surface area contributed by atoms with Crippen molar-refractivity contribution in [3.05, 3.63) is 29.5 Å². The molecule has 3 rings (SSSR count). The molecule has 0 saturated heterocycles. The molecule has 3 heterocycles. The smallest absolute Gasteiger partial charge is 0.261 e. The van der Waals surface area contributed by atoms with Gasteiger partial charge in [-0.2, -0.15) is 23.3 Å². The number of aryl methyl sites for hydroxylation is 2. The van der Waals surface area contributed by atoms with Crippen molar-refractivity contribution in [2.45, 2.75) is 20.0 Å². The predicted octanol–water partition coefficient (Wildman–Crippen LogP) is 1.88. The average Bonchev–Trinajstić information content (AvgIpc) is 2.88. The average molecular weight is 270 g/mol.